The SMILES string of the molecule is COC1CCN(C(=O)c2ccc(-n3cccc3)cc2)c2ccccc21. The Kier molecular flexibility index (Phi) is 4.12. The molecule has 0 saturated carbocycles. The summed E-state index contributed by atoms with van der Waals surface area (Å²) in [5, 5.41) is 0. The third kappa shape index (κ3) is 2.85. The van der Waals surface area contributed by atoms with Crippen LogP contribution in [0.4, 0.5) is 5.69 Å². The Bertz CT molecular complexity index is 869. The zero-order valence-corrected chi connectivity index (χ0v) is 14.1. The summed E-state index contributed by atoms with van der Waals surface area (Å²) in [5.41, 5.74) is 3.76. The minimum absolute atomic E-state index is 0.0288. The molecule has 1 aliphatic rings. The van der Waals surface area contributed by atoms with Crippen molar-refractivity contribution >= 4 is 11.6 Å². The van der Waals surface area contributed by atoms with E-state index in [0.29, 0.717) is 12.1 Å². The van der Waals surface area contributed by atoms with E-state index in [0.717, 1.165) is 23.4 Å². The third-order valence-electron chi connectivity index (χ3n) is 4.74. The maximum atomic E-state index is 13.0. The molecule has 25 heavy (non-hydrogen) atoms. The first-order valence-electron chi connectivity index (χ1n) is 8.45. The first kappa shape index (κ1) is 15.7. The van der Waals surface area contributed by atoms with Crippen molar-refractivity contribution in [3.63, 3.8) is 0 Å². The van der Waals surface area contributed by atoms with Gasteiger partial charge in [0.1, 0.15) is 0 Å². The minimum Gasteiger partial charge on any atom is -0.377 e. The molecule has 0 N–H and O–H groups in total. The van der Waals surface area contributed by atoms with Crippen LogP contribution in [-0.4, -0.2) is 24.1 Å². The van der Waals surface area contributed by atoms with E-state index >= 15 is 0 Å². The summed E-state index contributed by atoms with van der Waals surface area (Å²) in [6, 6.07) is 19.7. The van der Waals surface area contributed by atoms with Crippen molar-refractivity contribution in [3.05, 3.63) is 84.2 Å². The number of aromatic nitrogens is 1. The molecule has 4 heteroatoms. The Morgan fingerprint density at radius 2 is 1.72 bits per heavy atom. The van der Waals surface area contributed by atoms with Gasteiger partial charge in [-0.1, -0.05) is 18.2 Å². The highest BCUT2D eigenvalue weighted by Gasteiger charge is 2.28. The number of para-hydroxylation sites is 1. The van der Waals surface area contributed by atoms with Gasteiger partial charge in [-0.15, -0.1) is 0 Å². The van der Waals surface area contributed by atoms with E-state index in [-0.39, 0.29) is 12.0 Å². The van der Waals surface area contributed by atoms with Crippen molar-refractivity contribution < 1.29 is 9.53 Å². The summed E-state index contributed by atoms with van der Waals surface area (Å²) < 4.78 is 7.59. The lowest BCUT2D eigenvalue weighted by Gasteiger charge is -2.33. The number of anilines is 1. The fourth-order valence-corrected chi connectivity index (χ4v) is 3.42. The molecule has 1 aliphatic heterocycles. The maximum Gasteiger partial charge on any atom is 0.258 e. The molecule has 4 nitrogen and oxygen atoms in total. The van der Waals surface area contributed by atoms with Gasteiger partial charge in [-0.05, 0) is 48.9 Å². The molecule has 2 heterocycles. The van der Waals surface area contributed by atoms with E-state index in [4.69, 9.17) is 4.74 Å². The van der Waals surface area contributed by atoms with Crippen LogP contribution in [0.25, 0.3) is 5.69 Å². The number of hydrogen-bond donors (Lipinski definition) is 0. The van der Waals surface area contributed by atoms with E-state index in [2.05, 4.69) is 0 Å². The lowest BCUT2D eigenvalue weighted by atomic mass is 9.98. The van der Waals surface area contributed by atoms with Crippen LogP contribution in [0.3, 0.4) is 0 Å². The zero-order valence-electron chi connectivity index (χ0n) is 14.1. The fraction of sp³-hybridized carbons (Fsp3) is 0.190. The number of amides is 1. The van der Waals surface area contributed by atoms with Crippen LogP contribution in [-0.2, 0) is 4.74 Å². The van der Waals surface area contributed by atoms with Gasteiger partial charge in [0.25, 0.3) is 5.91 Å². The van der Waals surface area contributed by atoms with E-state index in [1.54, 1.807) is 7.11 Å². The number of ether oxygens (including phenoxy) is 1. The Morgan fingerprint density at radius 1 is 1.00 bits per heavy atom. The standard InChI is InChI=1S/C21H20N2O2/c1-25-20-12-15-23(19-7-3-2-6-18(19)20)21(24)16-8-10-17(11-9-16)22-13-4-5-14-22/h2-11,13-14,20H,12,15H2,1H3. The zero-order chi connectivity index (χ0) is 17.2. The summed E-state index contributed by atoms with van der Waals surface area (Å²) in [6.07, 6.45) is 4.84. The van der Waals surface area contributed by atoms with Gasteiger partial charge in [0.05, 0.1) is 6.10 Å². The Hall–Kier alpha value is -2.85. The van der Waals surface area contributed by atoms with Gasteiger partial charge in [-0.3, -0.25) is 4.79 Å². The molecule has 1 aromatic heterocycles. The molecule has 0 aliphatic carbocycles. The van der Waals surface area contributed by atoms with Crippen LogP contribution in [0.1, 0.15) is 28.4 Å². The van der Waals surface area contributed by atoms with Crippen molar-refractivity contribution in [3.8, 4) is 5.69 Å². The largest absolute Gasteiger partial charge is 0.377 e. The van der Waals surface area contributed by atoms with E-state index in [1.807, 2.05) is 82.5 Å². The van der Waals surface area contributed by atoms with Crippen LogP contribution in [0.5, 0.6) is 0 Å². The maximum absolute atomic E-state index is 13.0. The van der Waals surface area contributed by atoms with Crippen molar-refractivity contribution in [1.82, 2.24) is 4.57 Å². The second-order valence-electron chi connectivity index (χ2n) is 6.17. The normalized spacial score (nSPS) is 16.5. The smallest absolute Gasteiger partial charge is 0.258 e. The number of carbonyl (C=O) groups is 1. The molecule has 1 amide bonds. The van der Waals surface area contributed by atoms with Gasteiger partial charge in [0.2, 0.25) is 0 Å². The summed E-state index contributed by atoms with van der Waals surface area (Å²) in [6.45, 7) is 0.660. The summed E-state index contributed by atoms with van der Waals surface area (Å²) in [4.78, 5) is 14.9. The highest BCUT2D eigenvalue weighted by molar-refractivity contribution is 6.06. The number of fused-ring (bicyclic) bond motifs is 1. The predicted octanol–water partition coefficient (Wildman–Crippen LogP) is 4.22. The average Bonchev–Trinajstić information content (AvgIpc) is 3.21. The fourth-order valence-electron chi connectivity index (χ4n) is 3.42. The predicted molar refractivity (Wildman–Crippen MR) is 98.3 cm³/mol. The topological polar surface area (TPSA) is 34.5 Å². The van der Waals surface area contributed by atoms with Gasteiger partial charge >= 0.3 is 0 Å². The third-order valence-corrected chi connectivity index (χ3v) is 4.74. The summed E-state index contributed by atoms with van der Waals surface area (Å²) in [5.74, 6) is 0.0288. The molecule has 0 bridgehead atoms. The number of benzene rings is 2. The lowest BCUT2D eigenvalue weighted by Crippen LogP contribution is -2.37. The van der Waals surface area contributed by atoms with Crippen molar-refractivity contribution in [2.24, 2.45) is 0 Å². The van der Waals surface area contributed by atoms with Crippen LogP contribution in [0.15, 0.2) is 73.1 Å². The van der Waals surface area contributed by atoms with Crippen molar-refractivity contribution in [2.45, 2.75) is 12.5 Å². The van der Waals surface area contributed by atoms with Gasteiger partial charge < -0.3 is 14.2 Å². The first-order valence-corrected chi connectivity index (χ1v) is 8.45. The molecular formula is C21H20N2O2. The number of hydrogen-bond acceptors (Lipinski definition) is 2. The highest BCUT2D eigenvalue weighted by atomic mass is 16.5. The Labute approximate surface area is 147 Å². The Morgan fingerprint density at radius 3 is 2.44 bits per heavy atom. The van der Waals surface area contributed by atoms with Gasteiger partial charge in [-0.2, -0.15) is 0 Å². The molecule has 126 valence electrons. The number of nitrogens with zero attached hydrogens (tertiary/aromatic N) is 2. The monoisotopic (exact) mass is 332 g/mol. The number of rotatable bonds is 3. The molecule has 0 saturated heterocycles. The van der Waals surface area contributed by atoms with Crippen LogP contribution in [0.2, 0.25) is 0 Å². The molecule has 2 aromatic carbocycles. The number of carbonyl (C=O) groups excluding carboxylic acids is 1. The lowest BCUT2D eigenvalue weighted by molar-refractivity contribution is 0.0868. The van der Waals surface area contributed by atoms with Gasteiger partial charge in [0, 0.05) is 48.5 Å². The second kappa shape index (κ2) is 6.57. The van der Waals surface area contributed by atoms with Crippen molar-refractivity contribution in [1.29, 1.82) is 0 Å². The van der Waals surface area contributed by atoms with E-state index < -0.39 is 0 Å². The van der Waals surface area contributed by atoms with Gasteiger partial charge in [-0.25, -0.2) is 0 Å². The quantitative estimate of drug-likeness (QED) is 0.720. The second-order valence-corrected chi connectivity index (χ2v) is 6.17. The Balaban J connectivity index is 1.63. The van der Waals surface area contributed by atoms with E-state index in [1.165, 1.54) is 0 Å². The summed E-state index contributed by atoms with van der Waals surface area (Å²) in [7, 11) is 1.72. The molecular weight excluding hydrogens is 312 g/mol. The molecule has 1 atom stereocenters. The first-order chi connectivity index (χ1) is 12.3. The number of methoxy groups -OCH3 is 1. The highest BCUT2D eigenvalue weighted by Crippen LogP contribution is 2.36. The molecule has 0 radical (unpaired) electrons. The van der Waals surface area contributed by atoms with Crippen LogP contribution in [0, 0.1) is 0 Å². The summed E-state index contributed by atoms with van der Waals surface area (Å²) >= 11 is 0. The van der Waals surface area contributed by atoms with Gasteiger partial charge in [0.15, 0.2) is 0 Å². The minimum atomic E-state index is 0.0288. The molecule has 1 unspecified atom stereocenters. The molecule has 0 fully saturated rings. The van der Waals surface area contributed by atoms with Crippen LogP contribution >= 0.6 is 0 Å². The van der Waals surface area contributed by atoms with Crippen molar-refractivity contribution in [2.75, 3.05) is 18.6 Å². The average molecular weight is 332 g/mol. The molecule has 3 aromatic rings. The van der Waals surface area contributed by atoms with E-state index in [9.17, 15) is 4.79 Å². The molecule has 4 rings (SSSR count). The van der Waals surface area contributed by atoms with Crippen LogP contribution < -0.4 is 4.90 Å². The molecule has 0 spiro atoms.